The van der Waals surface area contributed by atoms with Gasteiger partial charge in [0.2, 0.25) is 0 Å². The topological polar surface area (TPSA) is 46.1 Å². The van der Waals surface area contributed by atoms with Crippen LogP contribution in [-0.4, -0.2) is 40.5 Å². The molecule has 1 amide bonds. The summed E-state index contributed by atoms with van der Waals surface area (Å²) in [6.07, 6.45) is 4.78. The highest BCUT2D eigenvalue weighted by molar-refractivity contribution is 5.92. The second kappa shape index (κ2) is 5.21. The number of carbonyl (C=O) groups is 1. The van der Waals surface area contributed by atoms with Gasteiger partial charge in [-0.1, -0.05) is 0 Å². The summed E-state index contributed by atoms with van der Waals surface area (Å²) in [5, 5.41) is 0. The molecule has 1 aromatic heterocycles. The molecule has 1 aliphatic heterocycles. The van der Waals surface area contributed by atoms with Crippen molar-refractivity contribution in [1.29, 1.82) is 0 Å². The van der Waals surface area contributed by atoms with Crippen molar-refractivity contribution >= 4 is 5.91 Å². The molecule has 1 aromatic rings. The van der Waals surface area contributed by atoms with Crippen LogP contribution in [0.15, 0.2) is 12.4 Å². The molecule has 2 rings (SSSR count). The van der Waals surface area contributed by atoms with Crippen molar-refractivity contribution in [3.05, 3.63) is 23.8 Å². The maximum atomic E-state index is 12.6. The quantitative estimate of drug-likeness (QED) is 0.785. The van der Waals surface area contributed by atoms with Crippen LogP contribution in [0.1, 0.15) is 29.0 Å². The number of nitrogens with zero attached hydrogens (tertiary/aromatic N) is 3. The maximum Gasteiger partial charge on any atom is 0.274 e. The molecule has 1 unspecified atom stereocenters. The third-order valence-corrected chi connectivity index (χ3v) is 3.02. The van der Waals surface area contributed by atoms with Gasteiger partial charge in [0.1, 0.15) is 5.69 Å². The van der Waals surface area contributed by atoms with Crippen LogP contribution in [0.4, 0.5) is 4.39 Å². The molecule has 92 valence electrons. The number of carbonyl (C=O) groups excluding carboxylic acids is 1. The van der Waals surface area contributed by atoms with Gasteiger partial charge in [0.05, 0.1) is 18.6 Å². The van der Waals surface area contributed by atoms with Crippen molar-refractivity contribution in [2.75, 3.05) is 19.8 Å². The van der Waals surface area contributed by atoms with E-state index in [0.717, 1.165) is 18.5 Å². The van der Waals surface area contributed by atoms with Gasteiger partial charge in [-0.15, -0.1) is 0 Å². The van der Waals surface area contributed by atoms with E-state index in [4.69, 9.17) is 0 Å². The minimum atomic E-state index is -0.358. The second-order valence-corrected chi connectivity index (χ2v) is 4.46. The lowest BCUT2D eigenvalue weighted by Gasteiger charge is -2.31. The zero-order valence-corrected chi connectivity index (χ0v) is 9.90. The van der Waals surface area contributed by atoms with Gasteiger partial charge in [0, 0.05) is 25.2 Å². The van der Waals surface area contributed by atoms with Crippen LogP contribution in [0.3, 0.4) is 0 Å². The smallest absolute Gasteiger partial charge is 0.274 e. The van der Waals surface area contributed by atoms with Gasteiger partial charge in [-0.25, -0.2) is 4.98 Å². The molecule has 0 bridgehead atoms. The number of piperidine rings is 1. The predicted octanol–water partition coefficient (Wildman–Crippen LogP) is 1.61. The van der Waals surface area contributed by atoms with Gasteiger partial charge in [-0.2, -0.15) is 0 Å². The van der Waals surface area contributed by atoms with Crippen LogP contribution in [0.5, 0.6) is 0 Å². The molecule has 5 heteroatoms. The summed E-state index contributed by atoms with van der Waals surface area (Å²) in [4.78, 5) is 21.9. The van der Waals surface area contributed by atoms with Crippen LogP contribution >= 0.6 is 0 Å². The molecule has 17 heavy (non-hydrogen) atoms. The number of hydrogen-bond donors (Lipinski definition) is 0. The number of amides is 1. The van der Waals surface area contributed by atoms with E-state index in [1.54, 1.807) is 11.1 Å². The Hall–Kier alpha value is -1.52. The molecule has 1 saturated heterocycles. The van der Waals surface area contributed by atoms with E-state index in [2.05, 4.69) is 9.97 Å². The van der Waals surface area contributed by atoms with Crippen molar-refractivity contribution in [2.45, 2.75) is 19.8 Å². The van der Waals surface area contributed by atoms with Gasteiger partial charge in [0.15, 0.2) is 0 Å². The minimum Gasteiger partial charge on any atom is -0.337 e. The zero-order chi connectivity index (χ0) is 12.3. The predicted molar refractivity (Wildman–Crippen MR) is 61.4 cm³/mol. The summed E-state index contributed by atoms with van der Waals surface area (Å²) in [7, 11) is 0. The minimum absolute atomic E-state index is 0.0221. The highest BCUT2D eigenvalue weighted by atomic mass is 19.1. The number of rotatable bonds is 2. The lowest BCUT2D eigenvalue weighted by atomic mass is 9.99. The average Bonchev–Trinajstić information content (AvgIpc) is 2.39. The highest BCUT2D eigenvalue weighted by Gasteiger charge is 2.25. The van der Waals surface area contributed by atoms with E-state index in [9.17, 15) is 9.18 Å². The van der Waals surface area contributed by atoms with Gasteiger partial charge < -0.3 is 4.90 Å². The Morgan fingerprint density at radius 1 is 1.53 bits per heavy atom. The summed E-state index contributed by atoms with van der Waals surface area (Å²) in [5.74, 6) is -0.165. The third-order valence-electron chi connectivity index (χ3n) is 3.02. The molecule has 1 aliphatic rings. The number of aromatic nitrogens is 2. The number of alkyl halides is 1. The fraction of sp³-hybridized carbons (Fsp3) is 0.583. The van der Waals surface area contributed by atoms with Crippen molar-refractivity contribution in [3.63, 3.8) is 0 Å². The van der Waals surface area contributed by atoms with E-state index in [1.165, 1.54) is 6.20 Å². The van der Waals surface area contributed by atoms with E-state index in [-0.39, 0.29) is 18.5 Å². The normalized spacial score (nSPS) is 20.4. The number of aryl methyl sites for hydroxylation is 1. The Morgan fingerprint density at radius 2 is 2.35 bits per heavy atom. The Kier molecular flexibility index (Phi) is 3.66. The summed E-state index contributed by atoms with van der Waals surface area (Å²) >= 11 is 0. The Morgan fingerprint density at radius 3 is 3.00 bits per heavy atom. The molecule has 0 aromatic carbocycles. The van der Waals surface area contributed by atoms with Crippen molar-refractivity contribution in [2.24, 2.45) is 5.92 Å². The lowest BCUT2D eigenvalue weighted by Crippen LogP contribution is -2.40. The lowest BCUT2D eigenvalue weighted by molar-refractivity contribution is 0.0650. The van der Waals surface area contributed by atoms with Crippen LogP contribution in [-0.2, 0) is 0 Å². The molecule has 0 radical (unpaired) electrons. The van der Waals surface area contributed by atoms with E-state index in [1.807, 2.05) is 6.92 Å². The van der Waals surface area contributed by atoms with Crippen LogP contribution < -0.4 is 0 Å². The Bertz CT molecular complexity index is 393. The van der Waals surface area contributed by atoms with Gasteiger partial charge >= 0.3 is 0 Å². The molecule has 4 nitrogen and oxygen atoms in total. The zero-order valence-electron chi connectivity index (χ0n) is 9.90. The van der Waals surface area contributed by atoms with Crippen LogP contribution in [0.25, 0.3) is 0 Å². The molecular weight excluding hydrogens is 221 g/mol. The van der Waals surface area contributed by atoms with E-state index in [0.29, 0.717) is 18.8 Å². The molecule has 0 aliphatic carbocycles. The SMILES string of the molecule is Cc1cnc(C(=O)N2CCCC(CF)C2)cn1. The average molecular weight is 237 g/mol. The van der Waals surface area contributed by atoms with Crippen molar-refractivity contribution < 1.29 is 9.18 Å². The Labute approximate surface area is 99.9 Å². The van der Waals surface area contributed by atoms with Crippen molar-refractivity contribution in [1.82, 2.24) is 14.9 Å². The highest BCUT2D eigenvalue weighted by Crippen LogP contribution is 2.18. The molecular formula is C12H16FN3O. The first-order valence-electron chi connectivity index (χ1n) is 5.84. The van der Waals surface area contributed by atoms with E-state index >= 15 is 0 Å². The number of halogens is 1. The largest absolute Gasteiger partial charge is 0.337 e. The third kappa shape index (κ3) is 2.78. The van der Waals surface area contributed by atoms with Gasteiger partial charge in [-0.3, -0.25) is 14.2 Å². The fourth-order valence-corrected chi connectivity index (χ4v) is 2.04. The van der Waals surface area contributed by atoms with Crippen LogP contribution in [0, 0.1) is 12.8 Å². The number of hydrogen-bond acceptors (Lipinski definition) is 3. The summed E-state index contributed by atoms with van der Waals surface area (Å²) in [6.45, 7) is 2.64. The molecule has 2 heterocycles. The van der Waals surface area contributed by atoms with Gasteiger partial charge in [-0.05, 0) is 19.8 Å². The molecule has 0 spiro atoms. The molecule has 0 N–H and O–H groups in total. The van der Waals surface area contributed by atoms with Gasteiger partial charge in [0.25, 0.3) is 5.91 Å². The second-order valence-electron chi connectivity index (χ2n) is 4.46. The van der Waals surface area contributed by atoms with Crippen LogP contribution in [0.2, 0.25) is 0 Å². The summed E-state index contributed by atoms with van der Waals surface area (Å²) in [6, 6.07) is 0. The first-order chi connectivity index (χ1) is 8.20. The Balaban J connectivity index is 2.06. The standard InChI is InChI=1S/C12H16FN3O/c1-9-6-15-11(7-14-9)12(17)16-4-2-3-10(5-13)8-16/h6-7,10H,2-5,8H2,1H3. The monoisotopic (exact) mass is 237 g/mol. The fourth-order valence-electron chi connectivity index (χ4n) is 2.04. The van der Waals surface area contributed by atoms with Crippen molar-refractivity contribution in [3.8, 4) is 0 Å². The summed E-state index contributed by atoms with van der Waals surface area (Å²) < 4.78 is 12.6. The maximum absolute atomic E-state index is 12.6. The number of likely N-dealkylation sites (tertiary alicyclic amines) is 1. The van der Waals surface area contributed by atoms with E-state index < -0.39 is 0 Å². The first-order valence-corrected chi connectivity index (χ1v) is 5.84. The molecule has 0 saturated carbocycles. The summed E-state index contributed by atoms with van der Waals surface area (Å²) in [5.41, 5.74) is 1.12. The molecule has 1 atom stereocenters. The molecule has 1 fully saturated rings. The first kappa shape index (κ1) is 12.0.